The number of nitrogens with zero attached hydrogens (tertiary/aromatic N) is 4. The van der Waals surface area contributed by atoms with E-state index in [2.05, 4.69) is 66.1 Å². The Bertz CT molecular complexity index is 516. The number of quaternary nitrogens is 1. The standard InChI is InChI=1S/C21H37N4/c1-4-22-12-8-13-23(18-20-10-6-5-7-11-20)15-16-24-14-9-17-25(2,3)21(24)19-22/h5-7,10-11,21H,4,8-9,12-19H2,1-3H3/q+1. The summed E-state index contributed by atoms with van der Waals surface area (Å²) in [6, 6.07) is 11.0. The van der Waals surface area contributed by atoms with Crippen LogP contribution < -0.4 is 0 Å². The highest BCUT2D eigenvalue weighted by Crippen LogP contribution is 2.21. The maximum atomic E-state index is 2.77. The van der Waals surface area contributed by atoms with E-state index in [9.17, 15) is 0 Å². The third kappa shape index (κ3) is 5.04. The average molecular weight is 346 g/mol. The van der Waals surface area contributed by atoms with Crippen LogP contribution in [-0.2, 0) is 6.54 Å². The smallest absolute Gasteiger partial charge is 0.158 e. The number of fused-ring (bicyclic) bond motifs is 1. The molecule has 2 heterocycles. The molecule has 2 saturated heterocycles. The molecule has 0 N–H and O–H groups in total. The van der Waals surface area contributed by atoms with Gasteiger partial charge in [-0.1, -0.05) is 37.3 Å². The fraction of sp³-hybridized carbons (Fsp3) is 0.714. The van der Waals surface area contributed by atoms with Crippen LogP contribution in [0.2, 0.25) is 0 Å². The first-order chi connectivity index (χ1) is 12.1. The zero-order valence-corrected chi connectivity index (χ0v) is 16.5. The Morgan fingerprint density at radius 2 is 1.68 bits per heavy atom. The molecule has 1 aromatic rings. The molecule has 1 unspecified atom stereocenters. The van der Waals surface area contributed by atoms with Gasteiger partial charge in [-0.15, -0.1) is 0 Å². The summed E-state index contributed by atoms with van der Waals surface area (Å²) in [5.74, 6) is 0. The van der Waals surface area contributed by atoms with E-state index in [0.29, 0.717) is 6.17 Å². The largest absolute Gasteiger partial charge is 0.312 e. The number of hydrogen-bond donors (Lipinski definition) is 0. The lowest BCUT2D eigenvalue weighted by Crippen LogP contribution is -2.66. The zero-order valence-electron chi connectivity index (χ0n) is 16.5. The molecule has 140 valence electrons. The summed E-state index contributed by atoms with van der Waals surface area (Å²) in [4.78, 5) is 8.12. The average Bonchev–Trinajstić information content (AvgIpc) is 2.61. The minimum absolute atomic E-state index is 0.644. The molecule has 0 spiro atoms. The highest BCUT2D eigenvalue weighted by molar-refractivity contribution is 5.14. The zero-order chi connectivity index (χ0) is 17.7. The summed E-state index contributed by atoms with van der Waals surface area (Å²) in [7, 11) is 4.86. The Labute approximate surface area is 154 Å². The second-order valence-electron chi connectivity index (χ2n) is 8.38. The minimum Gasteiger partial charge on any atom is -0.312 e. The second kappa shape index (κ2) is 8.63. The van der Waals surface area contributed by atoms with Crippen LogP contribution in [0.5, 0.6) is 0 Å². The molecule has 1 aromatic carbocycles. The van der Waals surface area contributed by atoms with Crippen molar-refractivity contribution in [1.82, 2.24) is 14.7 Å². The van der Waals surface area contributed by atoms with Gasteiger partial charge in [-0.25, -0.2) is 0 Å². The third-order valence-corrected chi connectivity index (χ3v) is 6.18. The van der Waals surface area contributed by atoms with Gasteiger partial charge < -0.3 is 4.48 Å². The van der Waals surface area contributed by atoms with Gasteiger partial charge in [-0.2, -0.15) is 0 Å². The molecular formula is C21H37N4+. The van der Waals surface area contributed by atoms with E-state index >= 15 is 0 Å². The van der Waals surface area contributed by atoms with Gasteiger partial charge in [-0.3, -0.25) is 14.7 Å². The third-order valence-electron chi connectivity index (χ3n) is 6.18. The summed E-state index contributed by atoms with van der Waals surface area (Å²) in [5.41, 5.74) is 1.44. The van der Waals surface area contributed by atoms with Gasteiger partial charge in [0.15, 0.2) is 6.17 Å². The van der Waals surface area contributed by atoms with E-state index in [1.54, 1.807) is 0 Å². The Hall–Kier alpha value is -0.940. The van der Waals surface area contributed by atoms with Crippen LogP contribution in [0.3, 0.4) is 0 Å². The quantitative estimate of drug-likeness (QED) is 0.779. The van der Waals surface area contributed by atoms with Crippen molar-refractivity contribution in [2.45, 2.75) is 32.5 Å². The van der Waals surface area contributed by atoms with Gasteiger partial charge in [0.1, 0.15) is 0 Å². The van der Waals surface area contributed by atoms with Crippen molar-refractivity contribution >= 4 is 0 Å². The first-order valence-electron chi connectivity index (χ1n) is 10.1. The molecular weight excluding hydrogens is 308 g/mol. The second-order valence-corrected chi connectivity index (χ2v) is 8.38. The van der Waals surface area contributed by atoms with Gasteiger partial charge in [0.25, 0.3) is 0 Å². The van der Waals surface area contributed by atoms with Gasteiger partial charge >= 0.3 is 0 Å². The van der Waals surface area contributed by atoms with E-state index in [0.717, 1.165) is 11.0 Å². The predicted molar refractivity (Wildman–Crippen MR) is 105 cm³/mol. The van der Waals surface area contributed by atoms with E-state index in [1.165, 1.54) is 70.8 Å². The first-order valence-corrected chi connectivity index (χ1v) is 10.1. The highest BCUT2D eigenvalue weighted by Gasteiger charge is 2.38. The highest BCUT2D eigenvalue weighted by atomic mass is 15.5. The summed E-state index contributed by atoms with van der Waals surface area (Å²) in [6.07, 6.45) is 3.25. The Balaban J connectivity index is 1.71. The van der Waals surface area contributed by atoms with E-state index in [-0.39, 0.29) is 0 Å². The van der Waals surface area contributed by atoms with Crippen LogP contribution in [0.25, 0.3) is 0 Å². The van der Waals surface area contributed by atoms with Crippen LogP contribution in [0, 0.1) is 0 Å². The van der Waals surface area contributed by atoms with E-state index < -0.39 is 0 Å². The van der Waals surface area contributed by atoms with E-state index in [4.69, 9.17) is 0 Å². The van der Waals surface area contributed by atoms with Crippen molar-refractivity contribution in [2.75, 3.05) is 66.5 Å². The lowest BCUT2D eigenvalue weighted by Gasteiger charge is -2.50. The van der Waals surface area contributed by atoms with Crippen molar-refractivity contribution in [3.05, 3.63) is 35.9 Å². The van der Waals surface area contributed by atoms with Crippen LogP contribution in [0.15, 0.2) is 30.3 Å². The van der Waals surface area contributed by atoms with Crippen LogP contribution in [0.1, 0.15) is 25.3 Å². The Morgan fingerprint density at radius 3 is 2.44 bits per heavy atom. The molecule has 0 amide bonds. The molecule has 0 bridgehead atoms. The van der Waals surface area contributed by atoms with Crippen molar-refractivity contribution in [1.29, 1.82) is 0 Å². The molecule has 2 fully saturated rings. The molecule has 3 rings (SSSR count). The monoisotopic (exact) mass is 345 g/mol. The topological polar surface area (TPSA) is 9.72 Å². The molecule has 0 saturated carbocycles. The fourth-order valence-corrected chi connectivity index (χ4v) is 4.53. The van der Waals surface area contributed by atoms with Crippen molar-refractivity contribution in [3.63, 3.8) is 0 Å². The molecule has 2 aliphatic heterocycles. The lowest BCUT2D eigenvalue weighted by atomic mass is 10.1. The number of rotatable bonds is 3. The number of likely N-dealkylation sites (N-methyl/N-ethyl adjacent to an activating group) is 2. The molecule has 1 atom stereocenters. The maximum absolute atomic E-state index is 2.77. The molecule has 2 aliphatic rings. The molecule has 4 nitrogen and oxygen atoms in total. The van der Waals surface area contributed by atoms with Crippen molar-refractivity contribution in [2.24, 2.45) is 0 Å². The van der Waals surface area contributed by atoms with Crippen LogP contribution in [0.4, 0.5) is 0 Å². The molecule has 4 heteroatoms. The Morgan fingerprint density at radius 1 is 0.920 bits per heavy atom. The van der Waals surface area contributed by atoms with Gasteiger partial charge in [0.05, 0.1) is 27.2 Å². The number of hydrogen-bond acceptors (Lipinski definition) is 3. The molecule has 0 aliphatic carbocycles. The van der Waals surface area contributed by atoms with Crippen LogP contribution >= 0.6 is 0 Å². The fourth-order valence-electron chi connectivity index (χ4n) is 4.53. The predicted octanol–water partition coefficient (Wildman–Crippen LogP) is 2.32. The molecule has 25 heavy (non-hydrogen) atoms. The Kier molecular flexibility index (Phi) is 6.50. The van der Waals surface area contributed by atoms with E-state index in [1.807, 2.05) is 0 Å². The van der Waals surface area contributed by atoms with Gasteiger partial charge in [0, 0.05) is 32.6 Å². The minimum atomic E-state index is 0.644. The number of benzene rings is 1. The van der Waals surface area contributed by atoms with Crippen molar-refractivity contribution < 1.29 is 4.48 Å². The van der Waals surface area contributed by atoms with Gasteiger partial charge in [0.2, 0.25) is 0 Å². The first kappa shape index (κ1) is 18.8. The summed E-state index contributed by atoms with van der Waals surface area (Å²) >= 11 is 0. The maximum Gasteiger partial charge on any atom is 0.158 e. The molecule has 0 radical (unpaired) electrons. The van der Waals surface area contributed by atoms with Crippen LogP contribution in [-0.4, -0.2) is 91.8 Å². The summed E-state index contributed by atoms with van der Waals surface area (Å²) in [5, 5.41) is 0. The SMILES string of the molecule is CCN1CCCN(Cc2ccccc2)CCN2CCC[N+](C)(C)C2C1. The summed E-state index contributed by atoms with van der Waals surface area (Å²) < 4.78 is 1.15. The van der Waals surface area contributed by atoms with Crippen molar-refractivity contribution in [3.8, 4) is 0 Å². The summed E-state index contributed by atoms with van der Waals surface area (Å²) in [6.45, 7) is 13.2. The van der Waals surface area contributed by atoms with Gasteiger partial charge in [-0.05, 0) is 31.6 Å². The lowest BCUT2D eigenvalue weighted by molar-refractivity contribution is -0.932. The normalized spacial score (nSPS) is 26.9. The molecule has 0 aromatic heterocycles.